The molecular formula is C23H20N2O3S. The number of benzene rings is 3. The maximum absolute atomic E-state index is 12.9. The van der Waals surface area contributed by atoms with Crippen LogP contribution in [0.3, 0.4) is 0 Å². The highest BCUT2D eigenvalue weighted by Gasteiger charge is 2.17. The molecule has 0 bridgehead atoms. The van der Waals surface area contributed by atoms with Gasteiger partial charge in [-0.05, 0) is 25.1 Å². The molecule has 0 saturated carbocycles. The Hall–Kier alpha value is -3.25. The van der Waals surface area contributed by atoms with E-state index in [1.165, 1.54) is 4.68 Å². The molecule has 5 nitrogen and oxygen atoms in total. The fraction of sp³-hybridized carbons (Fsp3) is 0.130. The summed E-state index contributed by atoms with van der Waals surface area (Å²) in [6.07, 6.45) is 0. The molecule has 0 radical (unpaired) electrons. The summed E-state index contributed by atoms with van der Waals surface area (Å²) in [5, 5.41) is 5.81. The van der Waals surface area contributed by atoms with Crippen molar-refractivity contribution in [2.75, 3.05) is 5.75 Å². The monoisotopic (exact) mass is 404 g/mol. The zero-order valence-corrected chi connectivity index (χ0v) is 16.8. The highest BCUT2D eigenvalue weighted by molar-refractivity contribution is 7.91. The third-order valence-electron chi connectivity index (χ3n) is 4.87. The lowest BCUT2D eigenvalue weighted by Gasteiger charge is -2.12. The summed E-state index contributed by atoms with van der Waals surface area (Å²) >= 11 is 0. The van der Waals surface area contributed by atoms with Crippen LogP contribution in [-0.4, -0.2) is 24.0 Å². The van der Waals surface area contributed by atoms with Gasteiger partial charge in [-0.3, -0.25) is 4.79 Å². The summed E-state index contributed by atoms with van der Waals surface area (Å²) in [5.74, 6) is -0.199. The van der Waals surface area contributed by atoms with Gasteiger partial charge in [-0.2, -0.15) is 5.10 Å². The first-order valence-electron chi connectivity index (χ1n) is 9.30. The molecule has 29 heavy (non-hydrogen) atoms. The van der Waals surface area contributed by atoms with E-state index >= 15 is 0 Å². The fourth-order valence-electron chi connectivity index (χ4n) is 3.26. The normalized spacial score (nSPS) is 11.6. The highest BCUT2D eigenvalue weighted by Crippen LogP contribution is 2.25. The van der Waals surface area contributed by atoms with Crippen molar-refractivity contribution in [2.45, 2.75) is 18.4 Å². The van der Waals surface area contributed by atoms with E-state index in [9.17, 15) is 13.2 Å². The van der Waals surface area contributed by atoms with Crippen LogP contribution in [-0.2, 0) is 16.4 Å². The van der Waals surface area contributed by atoms with Crippen LogP contribution in [0.25, 0.3) is 22.0 Å². The number of sulfone groups is 1. The average Bonchev–Trinajstić information content (AvgIpc) is 2.75. The van der Waals surface area contributed by atoms with Crippen LogP contribution < -0.4 is 5.56 Å². The molecule has 6 heteroatoms. The topological polar surface area (TPSA) is 69.0 Å². The van der Waals surface area contributed by atoms with Crippen molar-refractivity contribution in [2.24, 2.45) is 0 Å². The summed E-state index contributed by atoms with van der Waals surface area (Å²) in [4.78, 5) is 13.2. The van der Waals surface area contributed by atoms with E-state index < -0.39 is 9.84 Å². The van der Waals surface area contributed by atoms with Crippen LogP contribution in [0.5, 0.6) is 0 Å². The molecule has 0 aliphatic rings. The van der Waals surface area contributed by atoms with Gasteiger partial charge in [0.25, 0.3) is 5.56 Å². The summed E-state index contributed by atoms with van der Waals surface area (Å²) in [6.45, 7) is 1.99. The second kappa shape index (κ2) is 7.64. The van der Waals surface area contributed by atoms with Crippen LogP contribution >= 0.6 is 0 Å². The lowest BCUT2D eigenvalue weighted by atomic mass is 10.0. The van der Waals surface area contributed by atoms with Gasteiger partial charge in [-0.15, -0.1) is 0 Å². The lowest BCUT2D eigenvalue weighted by Crippen LogP contribution is -2.27. The first kappa shape index (κ1) is 19.1. The van der Waals surface area contributed by atoms with Crippen molar-refractivity contribution >= 4 is 20.6 Å². The molecule has 4 rings (SSSR count). The largest absolute Gasteiger partial charge is 0.274 e. The summed E-state index contributed by atoms with van der Waals surface area (Å²) in [6, 6.07) is 23.4. The molecule has 0 aliphatic carbocycles. The minimum absolute atomic E-state index is 0.0141. The van der Waals surface area contributed by atoms with Gasteiger partial charge in [-0.25, -0.2) is 13.1 Å². The Kier molecular flexibility index (Phi) is 5.03. The lowest BCUT2D eigenvalue weighted by molar-refractivity contribution is 0.574. The SMILES string of the molecule is Cc1ccc(-c2nn(CCS(=O)(=O)c3ccccc3)c(=O)c3ccccc23)cc1. The number of aromatic nitrogens is 2. The maximum Gasteiger partial charge on any atom is 0.274 e. The van der Waals surface area contributed by atoms with Crippen LogP contribution in [0.1, 0.15) is 5.56 Å². The van der Waals surface area contributed by atoms with Gasteiger partial charge in [0.15, 0.2) is 9.84 Å². The van der Waals surface area contributed by atoms with E-state index in [1.54, 1.807) is 42.5 Å². The van der Waals surface area contributed by atoms with Crippen molar-refractivity contribution in [1.29, 1.82) is 0 Å². The van der Waals surface area contributed by atoms with Crippen molar-refractivity contribution in [3.63, 3.8) is 0 Å². The summed E-state index contributed by atoms with van der Waals surface area (Å²) < 4.78 is 26.5. The molecule has 1 aromatic heterocycles. The van der Waals surface area contributed by atoms with Crippen molar-refractivity contribution in [3.05, 3.63) is 94.8 Å². The standard InChI is InChI=1S/C23H20N2O3S/c1-17-11-13-18(14-12-17)22-20-9-5-6-10-21(20)23(26)25(24-22)15-16-29(27,28)19-7-3-2-4-8-19/h2-14H,15-16H2,1H3. The minimum Gasteiger partial charge on any atom is -0.267 e. The van der Waals surface area contributed by atoms with Gasteiger partial charge >= 0.3 is 0 Å². The molecule has 146 valence electrons. The first-order chi connectivity index (χ1) is 14.0. The van der Waals surface area contributed by atoms with Crippen LogP contribution in [0.2, 0.25) is 0 Å². The molecular weight excluding hydrogens is 384 g/mol. The smallest absolute Gasteiger partial charge is 0.267 e. The number of hydrogen-bond donors (Lipinski definition) is 0. The average molecular weight is 404 g/mol. The van der Waals surface area contributed by atoms with Gasteiger partial charge in [0.1, 0.15) is 0 Å². The number of fused-ring (bicyclic) bond motifs is 1. The molecule has 0 spiro atoms. The fourth-order valence-corrected chi connectivity index (χ4v) is 4.48. The van der Waals surface area contributed by atoms with E-state index in [-0.39, 0.29) is 22.8 Å². The number of hydrogen-bond acceptors (Lipinski definition) is 4. The molecule has 1 heterocycles. The van der Waals surface area contributed by atoms with E-state index in [2.05, 4.69) is 5.10 Å². The number of aryl methyl sites for hydroxylation is 2. The molecule has 0 fully saturated rings. The van der Waals surface area contributed by atoms with Gasteiger partial charge in [0.2, 0.25) is 0 Å². The van der Waals surface area contributed by atoms with Crippen molar-refractivity contribution in [3.8, 4) is 11.3 Å². The Labute approximate surface area is 169 Å². The summed E-state index contributed by atoms with van der Waals surface area (Å²) in [5.41, 5.74) is 2.38. The van der Waals surface area contributed by atoms with Crippen LogP contribution in [0, 0.1) is 6.92 Å². The maximum atomic E-state index is 12.9. The zero-order chi connectivity index (χ0) is 20.4. The van der Waals surface area contributed by atoms with Crippen LogP contribution in [0.15, 0.2) is 88.6 Å². The predicted octanol–water partition coefficient (Wildman–Crippen LogP) is 3.85. The molecule has 0 amide bonds. The second-order valence-electron chi connectivity index (χ2n) is 6.92. The molecule has 0 atom stereocenters. The highest BCUT2D eigenvalue weighted by atomic mass is 32.2. The third kappa shape index (κ3) is 3.84. The van der Waals surface area contributed by atoms with Crippen LogP contribution in [0.4, 0.5) is 0 Å². The van der Waals surface area contributed by atoms with Gasteiger partial charge in [0, 0.05) is 10.9 Å². The molecule has 0 saturated heterocycles. The molecule has 4 aromatic rings. The number of nitrogens with zero attached hydrogens (tertiary/aromatic N) is 2. The Morgan fingerprint density at radius 3 is 2.14 bits per heavy atom. The zero-order valence-electron chi connectivity index (χ0n) is 15.9. The Bertz CT molecular complexity index is 1330. The van der Waals surface area contributed by atoms with Gasteiger partial charge in [0.05, 0.1) is 28.3 Å². The Balaban J connectivity index is 1.78. The molecule has 3 aromatic carbocycles. The van der Waals surface area contributed by atoms with Gasteiger partial charge in [-0.1, -0.05) is 66.2 Å². The Morgan fingerprint density at radius 2 is 1.45 bits per heavy atom. The van der Waals surface area contributed by atoms with E-state index in [0.717, 1.165) is 16.5 Å². The van der Waals surface area contributed by atoms with E-state index in [0.29, 0.717) is 11.1 Å². The Morgan fingerprint density at radius 1 is 0.828 bits per heavy atom. The molecule has 0 unspecified atom stereocenters. The van der Waals surface area contributed by atoms with Gasteiger partial charge < -0.3 is 0 Å². The second-order valence-corrected chi connectivity index (χ2v) is 9.03. The van der Waals surface area contributed by atoms with E-state index in [4.69, 9.17) is 0 Å². The third-order valence-corrected chi connectivity index (χ3v) is 6.58. The van der Waals surface area contributed by atoms with E-state index in [1.807, 2.05) is 43.3 Å². The quantitative estimate of drug-likeness (QED) is 0.507. The minimum atomic E-state index is -3.51. The van der Waals surface area contributed by atoms with Crippen molar-refractivity contribution in [1.82, 2.24) is 9.78 Å². The first-order valence-corrected chi connectivity index (χ1v) is 11.0. The molecule has 0 aliphatic heterocycles. The summed E-state index contributed by atoms with van der Waals surface area (Å²) in [7, 11) is -3.51. The number of rotatable bonds is 5. The molecule has 0 N–H and O–H groups in total. The predicted molar refractivity (Wildman–Crippen MR) is 115 cm³/mol. The van der Waals surface area contributed by atoms with Crippen molar-refractivity contribution < 1.29 is 8.42 Å².